The lowest BCUT2D eigenvalue weighted by Crippen LogP contribution is -2.52. The largest absolute Gasteiger partial charge is 0.393 e. The number of primary amides is 1. The van der Waals surface area contributed by atoms with Crippen LogP contribution >= 0.6 is 0 Å². The van der Waals surface area contributed by atoms with Crippen molar-refractivity contribution in [3.8, 4) is 0 Å². The number of fused-ring (bicyclic) bond motifs is 1. The monoisotopic (exact) mass is 359 g/mol. The molecule has 6 heteroatoms. The Labute approximate surface area is 154 Å². The highest BCUT2D eigenvalue weighted by molar-refractivity contribution is 6.08. The van der Waals surface area contributed by atoms with Gasteiger partial charge in [-0.1, -0.05) is 39.0 Å². The zero-order valence-corrected chi connectivity index (χ0v) is 16.0. The first-order valence-electron chi connectivity index (χ1n) is 8.97. The average Bonchev–Trinajstić information content (AvgIpc) is 2.90. The Balaban J connectivity index is 2.31. The molecule has 0 aliphatic heterocycles. The van der Waals surface area contributed by atoms with Crippen LogP contribution in [0, 0.1) is 5.41 Å². The lowest BCUT2D eigenvalue weighted by atomic mass is 9.86. The van der Waals surface area contributed by atoms with Crippen LogP contribution < -0.4 is 11.1 Å². The van der Waals surface area contributed by atoms with Gasteiger partial charge in [0.1, 0.15) is 6.04 Å². The number of hydrogen-bond donors (Lipinski definition) is 3. The molecule has 0 saturated heterocycles. The number of aromatic nitrogens is 1. The Morgan fingerprint density at radius 2 is 1.92 bits per heavy atom. The number of nitrogens with zero attached hydrogens (tertiary/aromatic N) is 1. The van der Waals surface area contributed by atoms with Gasteiger partial charge < -0.3 is 20.7 Å². The average molecular weight is 359 g/mol. The summed E-state index contributed by atoms with van der Waals surface area (Å²) < 4.78 is 2.02. The number of benzene rings is 1. The van der Waals surface area contributed by atoms with E-state index in [1.165, 1.54) is 0 Å². The fourth-order valence-electron chi connectivity index (χ4n) is 3.09. The Bertz CT molecular complexity index is 787. The van der Waals surface area contributed by atoms with E-state index in [1.807, 2.05) is 55.8 Å². The highest BCUT2D eigenvalue weighted by Gasteiger charge is 2.32. The quantitative estimate of drug-likeness (QED) is 0.708. The SMILES string of the molecule is C[C@H](O)CCCn1cc(C(=O)N[C@@H](C(N)=O)C(C)(C)C)c2ccccc21. The summed E-state index contributed by atoms with van der Waals surface area (Å²) in [6.45, 7) is 8.06. The first-order valence-corrected chi connectivity index (χ1v) is 8.97. The first kappa shape index (κ1) is 20.0. The predicted molar refractivity (Wildman–Crippen MR) is 103 cm³/mol. The minimum Gasteiger partial charge on any atom is -0.393 e. The fourth-order valence-corrected chi connectivity index (χ4v) is 3.09. The number of nitrogens with one attached hydrogen (secondary N) is 1. The maximum Gasteiger partial charge on any atom is 0.254 e. The van der Waals surface area contributed by atoms with Crippen molar-refractivity contribution in [2.24, 2.45) is 11.1 Å². The van der Waals surface area contributed by atoms with Crippen LogP contribution in [-0.4, -0.2) is 33.6 Å². The number of amides is 2. The van der Waals surface area contributed by atoms with Crippen molar-refractivity contribution in [1.82, 2.24) is 9.88 Å². The highest BCUT2D eigenvalue weighted by Crippen LogP contribution is 2.24. The summed E-state index contributed by atoms with van der Waals surface area (Å²) in [5.74, 6) is -0.860. The highest BCUT2D eigenvalue weighted by atomic mass is 16.3. The molecule has 0 fully saturated rings. The van der Waals surface area contributed by atoms with E-state index in [-0.39, 0.29) is 12.0 Å². The molecule has 0 bridgehead atoms. The van der Waals surface area contributed by atoms with Gasteiger partial charge in [-0.2, -0.15) is 0 Å². The second-order valence-electron chi connectivity index (χ2n) is 7.92. The van der Waals surface area contributed by atoms with Gasteiger partial charge in [-0.15, -0.1) is 0 Å². The second kappa shape index (κ2) is 7.91. The number of aryl methyl sites for hydroxylation is 1. The minimum absolute atomic E-state index is 0.311. The number of nitrogens with two attached hydrogens (primary N) is 1. The van der Waals surface area contributed by atoms with E-state index in [0.29, 0.717) is 18.5 Å². The molecule has 0 saturated carbocycles. The molecular formula is C20H29N3O3. The van der Waals surface area contributed by atoms with Crippen LogP contribution in [0.3, 0.4) is 0 Å². The fraction of sp³-hybridized carbons (Fsp3) is 0.500. The normalized spacial score (nSPS) is 14.2. The summed E-state index contributed by atoms with van der Waals surface area (Å²) in [6.07, 6.45) is 2.97. The van der Waals surface area contributed by atoms with Crippen molar-refractivity contribution in [3.05, 3.63) is 36.0 Å². The predicted octanol–water partition coefficient (Wildman–Crippen LogP) is 2.43. The van der Waals surface area contributed by atoms with Gasteiger partial charge in [0, 0.05) is 23.6 Å². The first-order chi connectivity index (χ1) is 12.1. The maximum absolute atomic E-state index is 12.8. The van der Waals surface area contributed by atoms with E-state index in [9.17, 15) is 14.7 Å². The minimum atomic E-state index is -0.757. The van der Waals surface area contributed by atoms with E-state index in [0.717, 1.165) is 17.3 Å². The number of carbonyl (C=O) groups is 2. The molecule has 0 aliphatic carbocycles. The smallest absolute Gasteiger partial charge is 0.254 e. The molecule has 2 atom stereocenters. The molecule has 0 unspecified atom stereocenters. The lowest BCUT2D eigenvalue weighted by molar-refractivity contribution is -0.122. The number of rotatable bonds is 7. The van der Waals surface area contributed by atoms with E-state index in [1.54, 1.807) is 6.92 Å². The molecule has 0 spiro atoms. The summed E-state index contributed by atoms with van der Waals surface area (Å²) in [7, 11) is 0. The van der Waals surface area contributed by atoms with Crippen LogP contribution in [0.1, 0.15) is 50.9 Å². The van der Waals surface area contributed by atoms with Gasteiger partial charge in [0.05, 0.1) is 11.7 Å². The molecule has 4 N–H and O–H groups in total. The Morgan fingerprint density at radius 3 is 2.50 bits per heavy atom. The molecule has 6 nitrogen and oxygen atoms in total. The van der Waals surface area contributed by atoms with E-state index < -0.39 is 17.4 Å². The van der Waals surface area contributed by atoms with Crippen molar-refractivity contribution in [2.45, 2.75) is 59.2 Å². The molecule has 1 aromatic heterocycles. The molecular weight excluding hydrogens is 330 g/mol. The molecule has 1 heterocycles. The zero-order valence-electron chi connectivity index (χ0n) is 16.0. The van der Waals surface area contributed by atoms with Crippen LogP contribution in [0.4, 0.5) is 0 Å². The van der Waals surface area contributed by atoms with Crippen LogP contribution in [0.15, 0.2) is 30.5 Å². The van der Waals surface area contributed by atoms with Gasteiger partial charge in [-0.3, -0.25) is 9.59 Å². The van der Waals surface area contributed by atoms with E-state index >= 15 is 0 Å². The van der Waals surface area contributed by atoms with Gasteiger partial charge in [0.25, 0.3) is 5.91 Å². The maximum atomic E-state index is 12.8. The third-order valence-corrected chi connectivity index (χ3v) is 4.48. The van der Waals surface area contributed by atoms with Crippen molar-refractivity contribution < 1.29 is 14.7 Å². The van der Waals surface area contributed by atoms with Crippen LogP contribution in [0.25, 0.3) is 10.9 Å². The zero-order chi connectivity index (χ0) is 19.5. The molecule has 26 heavy (non-hydrogen) atoms. The summed E-state index contributed by atoms with van der Waals surface area (Å²) in [5, 5.41) is 13.1. The third kappa shape index (κ3) is 4.64. The third-order valence-electron chi connectivity index (χ3n) is 4.48. The van der Waals surface area contributed by atoms with Crippen LogP contribution in [0.5, 0.6) is 0 Å². The Kier molecular flexibility index (Phi) is 6.08. The molecule has 142 valence electrons. The van der Waals surface area contributed by atoms with Crippen molar-refractivity contribution in [3.63, 3.8) is 0 Å². The lowest BCUT2D eigenvalue weighted by Gasteiger charge is -2.28. The molecule has 0 aliphatic rings. The van der Waals surface area contributed by atoms with E-state index in [4.69, 9.17) is 5.73 Å². The molecule has 2 rings (SSSR count). The Hall–Kier alpha value is -2.34. The molecule has 0 radical (unpaired) electrons. The number of carbonyl (C=O) groups excluding carboxylic acids is 2. The summed E-state index contributed by atoms with van der Waals surface area (Å²) in [6, 6.07) is 6.91. The number of aliphatic hydroxyl groups is 1. The Morgan fingerprint density at radius 1 is 1.27 bits per heavy atom. The summed E-state index contributed by atoms with van der Waals surface area (Å²) in [4.78, 5) is 24.6. The number of hydrogen-bond acceptors (Lipinski definition) is 3. The summed E-state index contributed by atoms with van der Waals surface area (Å²) >= 11 is 0. The molecule has 2 amide bonds. The molecule has 2 aromatic rings. The van der Waals surface area contributed by atoms with Gasteiger partial charge in [0.15, 0.2) is 0 Å². The van der Waals surface area contributed by atoms with Gasteiger partial charge in [0.2, 0.25) is 5.91 Å². The second-order valence-corrected chi connectivity index (χ2v) is 7.92. The van der Waals surface area contributed by atoms with Gasteiger partial charge >= 0.3 is 0 Å². The summed E-state index contributed by atoms with van der Waals surface area (Å²) in [5.41, 5.74) is 6.48. The van der Waals surface area contributed by atoms with Crippen LogP contribution in [0.2, 0.25) is 0 Å². The van der Waals surface area contributed by atoms with Gasteiger partial charge in [-0.05, 0) is 31.2 Å². The van der Waals surface area contributed by atoms with Crippen LogP contribution in [-0.2, 0) is 11.3 Å². The standard InChI is InChI=1S/C20H29N3O3/c1-13(24)8-7-11-23-12-15(14-9-5-6-10-16(14)23)19(26)22-17(18(21)25)20(2,3)4/h5-6,9-10,12-13,17,24H,7-8,11H2,1-4H3,(H2,21,25)(H,22,26)/t13-,17-/m0/s1. The molecule has 1 aromatic carbocycles. The number of aliphatic hydroxyl groups excluding tert-OH is 1. The van der Waals surface area contributed by atoms with E-state index in [2.05, 4.69) is 5.32 Å². The topological polar surface area (TPSA) is 97.3 Å². The van der Waals surface area contributed by atoms with Gasteiger partial charge in [-0.25, -0.2) is 0 Å². The number of para-hydroxylation sites is 1. The van der Waals surface area contributed by atoms with Crippen molar-refractivity contribution in [1.29, 1.82) is 0 Å². The van der Waals surface area contributed by atoms with Crippen molar-refractivity contribution in [2.75, 3.05) is 0 Å². The van der Waals surface area contributed by atoms with Crippen molar-refractivity contribution >= 4 is 22.7 Å².